The van der Waals surface area contributed by atoms with Gasteiger partial charge >= 0.3 is 0 Å². The Morgan fingerprint density at radius 2 is 1.94 bits per heavy atom. The maximum atomic E-state index is 13.6. The monoisotopic (exact) mass is 470 g/mol. The predicted octanol–water partition coefficient (Wildman–Crippen LogP) is 4.31. The molecule has 0 radical (unpaired) electrons. The summed E-state index contributed by atoms with van der Waals surface area (Å²) in [4.78, 5) is 33.3. The van der Waals surface area contributed by atoms with Crippen molar-refractivity contribution >= 4 is 39.1 Å². The van der Waals surface area contributed by atoms with E-state index in [4.69, 9.17) is 5.73 Å². The molecule has 0 bridgehead atoms. The van der Waals surface area contributed by atoms with Gasteiger partial charge in [0.15, 0.2) is 0 Å². The Morgan fingerprint density at radius 3 is 2.74 bits per heavy atom. The third-order valence-electron chi connectivity index (χ3n) is 6.23. The van der Waals surface area contributed by atoms with Crippen LogP contribution in [0.5, 0.6) is 0 Å². The van der Waals surface area contributed by atoms with E-state index in [-0.39, 0.29) is 11.8 Å². The summed E-state index contributed by atoms with van der Waals surface area (Å²) in [5, 5.41) is 4.04. The van der Waals surface area contributed by atoms with Gasteiger partial charge in [0.1, 0.15) is 6.04 Å². The van der Waals surface area contributed by atoms with Crippen molar-refractivity contribution in [3.8, 4) is 0 Å². The summed E-state index contributed by atoms with van der Waals surface area (Å²) < 4.78 is 1.02. The van der Waals surface area contributed by atoms with Crippen molar-refractivity contribution in [2.24, 2.45) is 5.73 Å². The number of nitrogens with one attached hydrogen (secondary N) is 1. The second kappa shape index (κ2) is 9.37. The predicted molar refractivity (Wildman–Crippen MR) is 136 cm³/mol. The number of nitrogens with two attached hydrogens (primary N) is 1. The number of fused-ring (bicyclic) bond motifs is 2. The largest absolute Gasteiger partial charge is 0.326 e. The highest BCUT2D eigenvalue weighted by Gasteiger charge is 2.34. The number of anilines is 1. The normalized spacial score (nSPS) is 14.2. The zero-order valence-electron chi connectivity index (χ0n) is 19.0. The first kappa shape index (κ1) is 22.3. The van der Waals surface area contributed by atoms with E-state index in [9.17, 15) is 9.59 Å². The van der Waals surface area contributed by atoms with Crippen LogP contribution in [0.15, 0.2) is 66.7 Å². The van der Waals surface area contributed by atoms with Crippen LogP contribution in [-0.2, 0) is 24.2 Å². The number of nitrogens with zero attached hydrogens (tertiary/aromatic N) is 2. The van der Waals surface area contributed by atoms with E-state index in [1.54, 1.807) is 16.2 Å². The Labute approximate surface area is 202 Å². The van der Waals surface area contributed by atoms with Gasteiger partial charge in [0.05, 0.1) is 15.2 Å². The number of thiazole rings is 1. The number of aryl methyl sites for hydroxylation is 1. The summed E-state index contributed by atoms with van der Waals surface area (Å²) in [6, 6.07) is 20.6. The molecule has 0 aliphatic carbocycles. The number of aromatic nitrogens is 1. The van der Waals surface area contributed by atoms with Crippen LogP contribution in [0.4, 0.5) is 5.69 Å². The third kappa shape index (κ3) is 4.44. The van der Waals surface area contributed by atoms with Crippen LogP contribution < -0.4 is 11.1 Å². The van der Waals surface area contributed by atoms with E-state index in [0.29, 0.717) is 37.2 Å². The van der Waals surface area contributed by atoms with E-state index in [1.165, 1.54) is 0 Å². The van der Waals surface area contributed by atoms with Gasteiger partial charge in [-0.3, -0.25) is 9.59 Å². The summed E-state index contributed by atoms with van der Waals surface area (Å²) >= 11 is 1.59. The van der Waals surface area contributed by atoms with Gasteiger partial charge in [-0.15, -0.1) is 11.3 Å². The zero-order valence-corrected chi connectivity index (χ0v) is 19.8. The number of hydrogen-bond donors (Lipinski definition) is 2. The van der Waals surface area contributed by atoms with Gasteiger partial charge in [0.25, 0.3) is 5.91 Å². The van der Waals surface area contributed by atoms with Crippen molar-refractivity contribution in [2.75, 3.05) is 11.9 Å². The number of amides is 2. The number of carbonyl (C=O) groups is 2. The van der Waals surface area contributed by atoms with Gasteiger partial charge in [-0.2, -0.15) is 0 Å². The first-order valence-corrected chi connectivity index (χ1v) is 12.2. The molecule has 3 N–H and O–H groups in total. The summed E-state index contributed by atoms with van der Waals surface area (Å²) in [6.45, 7) is 2.89. The van der Waals surface area contributed by atoms with Gasteiger partial charge in [0.2, 0.25) is 5.91 Å². The molecule has 1 atom stereocenters. The van der Waals surface area contributed by atoms with Gasteiger partial charge in [-0.1, -0.05) is 42.5 Å². The molecule has 0 saturated carbocycles. The lowest BCUT2D eigenvalue weighted by Gasteiger charge is -2.35. The smallest absolute Gasteiger partial charge is 0.254 e. The van der Waals surface area contributed by atoms with E-state index in [1.807, 2.05) is 73.7 Å². The average molecular weight is 471 g/mol. The number of benzene rings is 3. The average Bonchev–Trinajstić information content (AvgIpc) is 3.22. The van der Waals surface area contributed by atoms with Crippen molar-refractivity contribution in [1.29, 1.82) is 0 Å². The number of hydrogen-bond acceptors (Lipinski definition) is 5. The SMILES string of the molecule is Cc1nc2ccc(NC(=O)[C@H](Cc3ccccc3)N3CCc4cc(CN)ccc4C3=O)cc2s1. The fourth-order valence-corrected chi connectivity index (χ4v) is 5.38. The lowest BCUT2D eigenvalue weighted by molar-refractivity contribution is -0.120. The molecule has 2 heterocycles. The minimum absolute atomic E-state index is 0.116. The maximum absolute atomic E-state index is 13.6. The van der Waals surface area contributed by atoms with Crippen LogP contribution in [0.2, 0.25) is 0 Å². The first-order chi connectivity index (χ1) is 16.5. The first-order valence-electron chi connectivity index (χ1n) is 11.4. The Kier molecular flexibility index (Phi) is 6.13. The molecule has 5 rings (SSSR count). The van der Waals surface area contributed by atoms with Gasteiger partial charge in [-0.25, -0.2) is 4.98 Å². The molecule has 0 unspecified atom stereocenters. The Bertz CT molecular complexity index is 1370. The van der Waals surface area contributed by atoms with Gasteiger partial charge in [0, 0.05) is 30.8 Å². The lowest BCUT2D eigenvalue weighted by atomic mass is 9.94. The van der Waals surface area contributed by atoms with Crippen molar-refractivity contribution in [1.82, 2.24) is 9.88 Å². The van der Waals surface area contributed by atoms with Crippen LogP contribution in [0.3, 0.4) is 0 Å². The number of carbonyl (C=O) groups excluding carboxylic acids is 2. The minimum atomic E-state index is -0.629. The fourth-order valence-electron chi connectivity index (χ4n) is 4.51. The zero-order chi connectivity index (χ0) is 23.7. The Hall–Kier alpha value is -3.55. The van der Waals surface area contributed by atoms with Crippen molar-refractivity contribution in [3.63, 3.8) is 0 Å². The summed E-state index contributed by atoms with van der Waals surface area (Å²) in [5.41, 5.74) is 11.1. The van der Waals surface area contributed by atoms with Gasteiger partial charge < -0.3 is 16.0 Å². The molecule has 0 saturated heterocycles. The third-order valence-corrected chi connectivity index (χ3v) is 7.17. The molecule has 4 aromatic rings. The van der Waals surface area contributed by atoms with Crippen LogP contribution in [0, 0.1) is 6.92 Å². The number of rotatable bonds is 6. The second-order valence-corrected chi connectivity index (χ2v) is 9.79. The molecule has 0 spiro atoms. The molecule has 1 aromatic heterocycles. The van der Waals surface area contributed by atoms with Crippen molar-refractivity contribution in [3.05, 3.63) is 94.0 Å². The molecule has 3 aromatic carbocycles. The quantitative estimate of drug-likeness (QED) is 0.440. The molecule has 6 nitrogen and oxygen atoms in total. The summed E-state index contributed by atoms with van der Waals surface area (Å²) in [7, 11) is 0. The van der Waals surface area contributed by atoms with E-state index < -0.39 is 6.04 Å². The molecule has 2 amide bonds. The van der Waals surface area contributed by atoms with Gasteiger partial charge in [-0.05, 0) is 54.3 Å². The summed E-state index contributed by atoms with van der Waals surface area (Å²) in [5.74, 6) is -0.311. The standard InChI is InChI=1S/C27H26N4O2S/c1-17-29-23-10-8-21(15-25(23)34-17)30-26(32)24(14-18-5-3-2-4-6-18)31-12-11-20-13-19(16-28)7-9-22(20)27(31)33/h2-10,13,15,24H,11-12,14,16,28H2,1H3,(H,30,32)/t24-/m0/s1. The molecule has 7 heteroatoms. The molecule has 172 valence electrons. The molecule has 1 aliphatic rings. The van der Waals surface area contributed by atoms with E-state index in [0.717, 1.165) is 31.9 Å². The van der Waals surface area contributed by atoms with E-state index in [2.05, 4.69) is 10.3 Å². The molecular weight excluding hydrogens is 444 g/mol. The van der Waals surface area contributed by atoms with Crippen molar-refractivity contribution in [2.45, 2.75) is 32.4 Å². The highest BCUT2D eigenvalue weighted by atomic mass is 32.1. The highest BCUT2D eigenvalue weighted by Crippen LogP contribution is 2.27. The topological polar surface area (TPSA) is 88.3 Å². The minimum Gasteiger partial charge on any atom is -0.326 e. The highest BCUT2D eigenvalue weighted by molar-refractivity contribution is 7.18. The van der Waals surface area contributed by atoms with Crippen LogP contribution in [0.25, 0.3) is 10.2 Å². The molecular formula is C27H26N4O2S. The summed E-state index contributed by atoms with van der Waals surface area (Å²) in [6.07, 6.45) is 1.14. The molecule has 0 fully saturated rings. The van der Waals surface area contributed by atoms with Crippen molar-refractivity contribution < 1.29 is 9.59 Å². The Morgan fingerprint density at radius 1 is 1.12 bits per heavy atom. The molecule has 1 aliphatic heterocycles. The maximum Gasteiger partial charge on any atom is 0.254 e. The van der Waals surface area contributed by atoms with E-state index >= 15 is 0 Å². The van der Waals surface area contributed by atoms with Crippen LogP contribution in [-0.4, -0.2) is 34.3 Å². The molecule has 34 heavy (non-hydrogen) atoms. The van der Waals surface area contributed by atoms with Crippen LogP contribution >= 0.6 is 11.3 Å². The second-order valence-electron chi connectivity index (χ2n) is 8.55. The van der Waals surface area contributed by atoms with Crippen LogP contribution in [0.1, 0.15) is 32.1 Å². The lowest BCUT2D eigenvalue weighted by Crippen LogP contribution is -2.51. The fraction of sp³-hybridized carbons (Fsp3) is 0.222. The Balaban J connectivity index is 1.44.